The minimum Gasteiger partial charge on any atom is -0.398 e. The fourth-order valence-electron chi connectivity index (χ4n) is 1.12. The summed E-state index contributed by atoms with van der Waals surface area (Å²) in [6.45, 7) is 0. The Morgan fingerprint density at radius 2 is 2.00 bits per heavy atom. The first-order chi connectivity index (χ1) is 7.45. The number of hydrogen-bond donors (Lipinski definition) is 2. The maximum absolute atomic E-state index is 12.4. The highest BCUT2D eigenvalue weighted by Gasteiger charge is 2.32. The van der Waals surface area contributed by atoms with Crippen molar-refractivity contribution in [1.29, 1.82) is 0 Å². The number of halogens is 3. The van der Waals surface area contributed by atoms with E-state index in [2.05, 4.69) is 24.5 Å². The molecule has 0 saturated heterocycles. The van der Waals surface area contributed by atoms with Gasteiger partial charge in [-0.15, -0.1) is 0 Å². The average molecular weight is 245 g/mol. The molecule has 0 aliphatic carbocycles. The monoisotopic (exact) mass is 245 g/mol. The van der Waals surface area contributed by atoms with Crippen LogP contribution in [0.3, 0.4) is 0 Å². The van der Waals surface area contributed by atoms with Gasteiger partial charge in [0.05, 0.1) is 5.56 Å². The molecular weight excluding hydrogens is 235 g/mol. The van der Waals surface area contributed by atoms with Gasteiger partial charge >= 0.3 is 6.18 Å². The highest BCUT2D eigenvalue weighted by Crippen LogP contribution is 2.33. The van der Waals surface area contributed by atoms with Crippen molar-refractivity contribution in [3.63, 3.8) is 0 Å². The van der Waals surface area contributed by atoms with Crippen LogP contribution in [0.15, 0.2) is 18.2 Å². The molecule has 0 aliphatic heterocycles. The molecule has 16 heavy (non-hydrogen) atoms. The van der Waals surface area contributed by atoms with Gasteiger partial charge in [-0.1, -0.05) is 11.8 Å². The number of nitrogen functional groups attached to an aromatic ring is 1. The van der Waals surface area contributed by atoms with Gasteiger partial charge < -0.3 is 5.73 Å². The third-order valence-electron chi connectivity index (χ3n) is 1.83. The van der Waals surface area contributed by atoms with Gasteiger partial charge in [-0.3, -0.25) is 0 Å². The Morgan fingerprint density at radius 3 is 2.50 bits per heavy atom. The molecule has 5 heteroatoms. The van der Waals surface area contributed by atoms with Crippen LogP contribution in [0.5, 0.6) is 0 Å². The lowest BCUT2D eigenvalue weighted by Gasteiger charge is -2.09. The molecule has 0 fully saturated rings. The maximum atomic E-state index is 12.4. The average Bonchev–Trinajstić information content (AvgIpc) is 2.16. The van der Waals surface area contributed by atoms with Gasteiger partial charge in [0.15, 0.2) is 0 Å². The highest BCUT2D eigenvalue weighted by molar-refractivity contribution is 7.80. The molecule has 1 aromatic rings. The molecule has 0 spiro atoms. The summed E-state index contributed by atoms with van der Waals surface area (Å²) < 4.78 is 37.1. The Bertz CT molecular complexity index is 429. The van der Waals surface area contributed by atoms with Gasteiger partial charge in [-0.2, -0.15) is 25.8 Å². The van der Waals surface area contributed by atoms with Crippen LogP contribution in [0.4, 0.5) is 18.9 Å². The number of benzene rings is 1. The molecule has 0 unspecified atom stereocenters. The van der Waals surface area contributed by atoms with Crippen molar-refractivity contribution in [2.75, 3.05) is 11.5 Å². The Labute approximate surface area is 97.2 Å². The van der Waals surface area contributed by atoms with E-state index >= 15 is 0 Å². The molecule has 0 heterocycles. The van der Waals surface area contributed by atoms with Crippen molar-refractivity contribution in [2.24, 2.45) is 0 Å². The van der Waals surface area contributed by atoms with Crippen molar-refractivity contribution in [1.82, 2.24) is 0 Å². The number of anilines is 1. The van der Waals surface area contributed by atoms with E-state index < -0.39 is 11.7 Å². The Morgan fingerprint density at radius 1 is 1.31 bits per heavy atom. The summed E-state index contributed by atoms with van der Waals surface area (Å²) in [4.78, 5) is 0. The van der Waals surface area contributed by atoms with Crippen LogP contribution in [-0.2, 0) is 6.18 Å². The van der Waals surface area contributed by atoms with Gasteiger partial charge in [0.1, 0.15) is 0 Å². The summed E-state index contributed by atoms with van der Waals surface area (Å²) in [5.74, 6) is 6.11. The minimum atomic E-state index is -4.42. The maximum Gasteiger partial charge on any atom is 0.418 e. The van der Waals surface area contributed by atoms with Gasteiger partial charge in [-0.25, -0.2) is 0 Å². The summed E-state index contributed by atoms with van der Waals surface area (Å²) in [6, 6.07) is 3.49. The summed E-state index contributed by atoms with van der Waals surface area (Å²) in [5, 5.41) is 0. The van der Waals surface area contributed by atoms with Crippen molar-refractivity contribution in [3.8, 4) is 11.8 Å². The summed E-state index contributed by atoms with van der Waals surface area (Å²) in [5.41, 5.74) is 4.66. The van der Waals surface area contributed by atoms with Crippen molar-refractivity contribution in [3.05, 3.63) is 29.3 Å². The molecule has 1 rings (SSSR count). The molecule has 0 aliphatic rings. The van der Waals surface area contributed by atoms with E-state index in [0.717, 1.165) is 6.07 Å². The van der Waals surface area contributed by atoms with E-state index in [1.165, 1.54) is 12.1 Å². The number of thiol groups is 1. The van der Waals surface area contributed by atoms with Crippen molar-refractivity contribution >= 4 is 18.3 Å². The van der Waals surface area contributed by atoms with E-state index in [9.17, 15) is 13.2 Å². The molecule has 0 radical (unpaired) electrons. The molecule has 0 amide bonds. The molecule has 1 nitrogen and oxygen atoms in total. The Kier molecular flexibility index (Phi) is 4.13. The highest BCUT2D eigenvalue weighted by atomic mass is 32.1. The molecule has 0 aromatic heterocycles. The Hall–Kier alpha value is -1.28. The number of hydrogen-bond acceptors (Lipinski definition) is 2. The fraction of sp³-hybridized carbons (Fsp3) is 0.273. The van der Waals surface area contributed by atoms with Crippen LogP contribution in [0.2, 0.25) is 0 Å². The van der Waals surface area contributed by atoms with E-state index in [4.69, 9.17) is 5.73 Å². The first kappa shape index (κ1) is 12.8. The molecular formula is C11H10F3NS. The van der Waals surface area contributed by atoms with E-state index in [1.54, 1.807) is 0 Å². The van der Waals surface area contributed by atoms with Crippen LogP contribution in [0.1, 0.15) is 17.5 Å². The lowest BCUT2D eigenvalue weighted by atomic mass is 10.1. The first-order valence-electron chi connectivity index (χ1n) is 4.51. The van der Waals surface area contributed by atoms with E-state index in [-0.39, 0.29) is 5.69 Å². The lowest BCUT2D eigenvalue weighted by Crippen LogP contribution is -2.08. The van der Waals surface area contributed by atoms with Crippen LogP contribution >= 0.6 is 12.6 Å². The van der Waals surface area contributed by atoms with Crippen molar-refractivity contribution < 1.29 is 13.2 Å². The molecule has 0 bridgehead atoms. The van der Waals surface area contributed by atoms with E-state index in [0.29, 0.717) is 17.7 Å². The summed E-state index contributed by atoms with van der Waals surface area (Å²) >= 11 is 3.97. The largest absolute Gasteiger partial charge is 0.418 e. The quantitative estimate of drug-likeness (QED) is 0.444. The lowest BCUT2D eigenvalue weighted by molar-refractivity contribution is -0.136. The van der Waals surface area contributed by atoms with Crippen molar-refractivity contribution in [2.45, 2.75) is 12.6 Å². The second-order valence-electron chi connectivity index (χ2n) is 3.08. The van der Waals surface area contributed by atoms with Crippen LogP contribution in [0, 0.1) is 11.8 Å². The number of rotatable bonds is 1. The molecule has 0 atom stereocenters. The van der Waals surface area contributed by atoms with Crippen LogP contribution < -0.4 is 5.73 Å². The fourth-order valence-corrected chi connectivity index (χ4v) is 1.23. The zero-order chi connectivity index (χ0) is 12.2. The normalized spacial score (nSPS) is 10.8. The third kappa shape index (κ3) is 3.38. The zero-order valence-corrected chi connectivity index (χ0v) is 9.20. The summed E-state index contributed by atoms with van der Waals surface area (Å²) in [6.07, 6.45) is -3.83. The molecule has 1 aromatic carbocycles. The Balaban J connectivity index is 2.97. The SMILES string of the molecule is Nc1cc(C#CCCS)ccc1C(F)(F)F. The first-order valence-corrected chi connectivity index (χ1v) is 5.15. The van der Waals surface area contributed by atoms with Gasteiger partial charge in [0.25, 0.3) is 0 Å². The minimum absolute atomic E-state index is 0.301. The van der Waals surface area contributed by atoms with E-state index in [1.807, 2.05) is 0 Å². The molecule has 86 valence electrons. The smallest absolute Gasteiger partial charge is 0.398 e. The predicted molar refractivity (Wildman–Crippen MR) is 61.2 cm³/mol. The van der Waals surface area contributed by atoms with Gasteiger partial charge in [-0.05, 0) is 18.2 Å². The summed E-state index contributed by atoms with van der Waals surface area (Å²) in [7, 11) is 0. The third-order valence-corrected chi connectivity index (χ3v) is 2.05. The zero-order valence-electron chi connectivity index (χ0n) is 8.30. The predicted octanol–water partition coefficient (Wildman–Crippen LogP) is 2.96. The molecule has 0 saturated carbocycles. The number of nitrogens with two attached hydrogens (primary N) is 1. The van der Waals surface area contributed by atoms with Gasteiger partial charge in [0.2, 0.25) is 0 Å². The molecule has 2 N–H and O–H groups in total. The second kappa shape index (κ2) is 5.17. The van der Waals surface area contributed by atoms with Gasteiger partial charge in [0, 0.05) is 23.4 Å². The second-order valence-corrected chi connectivity index (χ2v) is 3.52. The van der Waals surface area contributed by atoms with Crippen LogP contribution in [0.25, 0.3) is 0 Å². The topological polar surface area (TPSA) is 26.0 Å². The van der Waals surface area contributed by atoms with Crippen LogP contribution in [-0.4, -0.2) is 5.75 Å². The number of alkyl halides is 3. The standard InChI is InChI=1S/C11H10F3NS/c12-11(13,14)9-5-4-8(7-10(9)15)3-1-2-6-16/h4-5,7,16H,2,6,15H2.